The molecular weight excluding hydrogens is 199 g/mol. The van der Waals surface area contributed by atoms with Gasteiger partial charge in [0.2, 0.25) is 0 Å². The molecule has 0 aromatic heterocycles. The predicted molar refractivity (Wildman–Crippen MR) is 44.9 cm³/mol. The largest absolute Gasteiger partial charge is 0.440 e. The van der Waals surface area contributed by atoms with Crippen molar-refractivity contribution >= 4 is 6.09 Å². The van der Waals surface area contributed by atoms with Crippen LogP contribution in [0.2, 0.25) is 0 Å². The van der Waals surface area contributed by atoms with Crippen molar-refractivity contribution < 1.29 is 22.7 Å². The first-order chi connectivity index (χ1) is 6.35. The highest BCUT2D eigenvalue weighted by Crippen LogP contribution is 2.14. The van der Waals surface area contributed by atoms with Gasteiger partial charge in [0, 0.05) is 6.54 Å². The van der Waals surface area contributed by atoms with Crippen molar-refractivity contribution in [2.24, 2.45) is 5.92 Å². The molecule has 0 heterocycles. The summed E-state index contributed by atoms with van der Waals surface area (Å²) in [6, 6.07) is 0. The van der Waals surface area contributed by atoms with Crippen LogP contribution in [-0.2, 0) is 4.74 Å². The number of alkyl halides is 3. The maximum Gasteiger partial charge on any atom is 0.422 e. The summed E-state index contributed by atoms with van der Waals surface area (Å²) in [5, 5.41) is 2.24. The molecule has 0 spiro atoms. The maximum atomic E-state index is 11.6. The third kappa shape index (κ3) is 7.70. The number of nitrogens with one attached hydrogen (secondary N) is 1. The molecule has 1 N–H and O–H groups in total. The number of carbonyl (C=O) groups is 1. The van der Waals surface area contributed by atoms with Gasteiger partial charge < -0.3 is 10.1 Å². The monoisotopic (exact) mass is 213 g/mol. The zero-order valence-electron chi connectivity index (χ0n) is 8.15. The number of amides is 1. The van der Waals surface area contributed by atoms with E-state index in [0.29, 0.717) is 6.54 Å². The highest BCUT2D eigenvalue weighted by Gasteiger charge is 2.29. The van der Waals surface area contributed by atoms with Crippen LogP contribution in [0, 0.1) is 5.92 Å². The minimum absolute atomic E-state index is 0.230. The topological polar surface area (TPSA) is 38.3 Å². The Hall–Kier alpha value is -0.940. The molecule has 0 aliphatic rings. The first-order valence-electron chi connectivity index (χ1n) is 4.32. The van der Waals surface area contributed by atoms with Crippen LogP contribution >= 0.6 is 0 Å². The molecule has 0 aromatic rings. The average Bonchev–Trinajstić information content (AvgIpc) is 2.09. The van der Waals surface area contributed by atoms with Crippen LogP contribution in [0.25, 0.3) is 0 Å². The van der Waals surface area contributed by atoms with Crippen molar-refractivity contribution in [3.63, 3.8) is 0 Å². The number of halogens is 3. The van der Waals surface area contributed by atoms with Gasteiger partial charge in [-0.3, -0.25) is 0 Å². The van der Waals surface area contributed by atoms with E-state index in [2.05, 4.69) is 10.1 Å². The van der Waals surface area contributed by atoms with E-state index in [1.807, 2.05) is 13.8 Å². The van der Waals surface area contributed by atoms with Gasteiger partial charge in [0.15, 0.2) is 6.61 Å². The second kappa shape index (κ2) is 5.72. The van der Waals surface area contributed by atoms with Crippen LogP contribution in [0.5, 0.6) is 0 Å². The number of carbonyl (C=O) groups excluding carboxylic acids is 1. The SMILES string of the molecule is CCC(C)CNC(=O)OCC(F)(F)F. The number of hydrogen-bond acceptors (Lipinski definition) is 2. The number of ether oxygens (including phenoxy) is 1. The molecule has 0 radical (unpaired) electrons. The lowest BCUT2D eigenvalue weighted by Crippen LogP contribution is -2.31. The van der Waals surface area contributed by atoms with Gasteiger partial charge in [-0.2, -0.15) is 13.2 Å². The van der Waals surface area contributed by atoms with Crippen LogP contribution in [0.15, 0.2) is 0 Å². The highest BCUT2D eigenvalue weighted by atomic mass is 19.4. The van der Waals surface area contributed by atoms with Crippen LogP contribution in [-0.4, -0.2) is 25.4 Å². The Morgan fingerprint density at radius 3 is 2.50 bits per heavy atom. The van der Waals surface area contributed by atoms with E-state index in [4.69, 9.17) is 0 Å². The van der Waals surface area contributed by atoms with Gasteiger partial charge in [0.25, 0.3) is 0 Å². The van der Waals surface area contributed by atoms with Gasteiger partial charge in [0.1, 0.15) is 0 Å². The summed E-state index contributed by atoms with van der Waals surface area (Å²) in [5.74, 6) is 0.230. The molecule has 1 atom stereocenters. The molecule has 14 heavy (non-hydrogen) atoms. The molecule has 1 unspecified atom stereocenters. The van der Waals surface area contributed by atoms with Crippen molar-refractivity contribution in [3.05, 3.63) is 0 Å². The number of hydrogen-bond donors (Lipinski definition) is 1. The highest BCUT2D eigenvalue weighted by molar-refractivity contribution is 5.67. The van der Waals surface area contributed by atoms with Crippen LogP contribution in [0.1, 0.15) is 20.3 Å². The lowest BCUT2D eigenvalue weighted by Gasteiger charge is -2.11. The van der Waals surface area contributed by atoms with E-state index >= 15 is 0 Å². The lowest BCUT2D eigenvalue weighted by atomic mass is 10.1. The van der Waals surface area contributed by atoms with Gasteiger partial charge in [-0.05, 0) is 5.92 Å². The van der Waals surface area contributed by atoms with Crippen LogP contribution in [0.4, 0.5) is 18.0 Å². The Kier molecular flexibility index (Phi) is 5.34. The van der Waals surface area contributed by atoms with E-state index in [9.17, 15) is 18.0 Å². The van der Waals surface area contributed by atoms with E-state index in [1.54, 1.807) is 0 Å². The van der Waals surface area contributed by atoms with Gasteiger partial charge >= 0.3 is 12.3 Å². The molecule has 1 amide bonds. The summed E-state index contributed by atoms with van der Waals surface area (Å²) >= 11 is 0. The third-order valence-corrected chi connectivity index (χ3v) is 1.66. The van der Waals surface area contributed by atoms with E-state index in [-0.39, 0.29) is 5.92 Å². The zero-order valence-corrected chi connectivity index (χ0v) is 8.15. The normalized spacial score (nSPS) is 13.5. The van der Waals surface area contributed by atoms with E-state index in [0.717, 1.165) is 6.42 Å². The van der Waals surface area contributed by atoms with Gasteiger partial charge in [0.05, 0.1) is 0 Å². The molecule has 0 aliphatic heterocycles. The Bertz CT molecular complexity index is 182. The Labute approximate surface area is 80.6 Å². The summed E-state index contributed by atoms with van der Waals surface area (Å²) in [6.07, 6.45) is -4.64. The quantitative estimate of drug-likeness (QED) is 0.778. The summed E-state index contributed by atoms with van der Waals surface area (Å²) in [4.78, 5) is 10.7. The second-order valence-electron chi connectivity index (χ2n) is 3.09. The van der Waals surface area contributed by atoms with Crippen LogP contribution < -0.4 is 5.32 Å². The van der Waals surface area contributed by atoms with Gasteiger partial charge in [-0.1, -0.05) is 20.3 Å². The molecule has 0 aromatic carbocycles. The number of rotatable bonds is 4. The van der Waals surface area contributed by atoms with Crippen molar-refractivity contribution in [1.82, 2.24) is 5.32 Å². The molecule has 0 bridgehead atoms. The third-order valence-electron chi connectivity index (χ3n) is 1.66. The zero-order chi connectivity index (χ0) is 11.2. The van der Waals surface area contributed by atoms with Crippen LogP contribution in [0.3, 0.4) is 0 Å². The minimum atomic E-state index is -4.46. The van der Waals surface area contributed by atoms with Gasteiger partial charge in [-0.15, -0.1) is 0 Å². The van der Waals surface area contributed by atoms with Crippen molar-refractivity contribution in [2.75, 3.05) is 13.2 Å². The summed E-state index contributed by atoms with van der Waals surface area (Å²) in [7, 11) is 0. The second-order valence-corrected chi connectivity index (χ2v) is 3.09. The van der Waals surface area contributed by atoms with Gasteiger partial charge in [-0.25, -0.2) is 4.79 Å². The molecule has 0 fully saturated rings. The fraction of sp³-hybridized carbons (Fsp3) is 0.875. The van der Waals surface area contributed by atoms with E-state index in [1.165, 1.54) is 0 Å². The first kappa shape index (κ1) is 13.1. The Balaban J connectivity index is 3.57. The molecule has 6 heteroatoms. The fourth-order valence-corrected chi connectivity index (χ4v) is 0.600. The number of alkyl carbamates (subject to hydrolysis) is 1. The molecule has 0 rings (SSSR count). The fourth-order valence-electron chi connectivity index (χ4n) is 0.600. The lowest BCUT2D eigenvalue weighted by molar-refractivity contribution is -0.160. The van der Waals surface area contributed by atoms with E-state index < -0.39 is 18.9 Å². The molecule has 0 saturated carbocycles. The molecule has 84 valence electrons. The van der Waals surface area contributed by atoms with Crippen molar-refractivity contribution in [2.45, 2.75) is 26.4 Å². The van der Waals surface area contributed by atoms with Crippen molar-refractivity contribution in [1.29, 1.82) is 0 Å². The Morgan fingerprint density at radius 1 is 1.50 bits per heavy atom. The van der Waals surface area contributed by atoms with Crippen molar-refractivity contribution in [3.8, 4) is 0 Å². The predicted octanol–water partition coefficient (Wildman–Crippen LogP) is 2.32. The summed E-state index contributed by atoms with van der Waals surface area (Å²) in [6.45, 7) is 2.59. The summed E-state index contributed by atoms with van der Waals surface area (Å²) in [5.41, 5.74) is 0. The smallest absolute Gasteiger partial charge is 0.422 e. The minimum Gasteiger partial charge on any atom is -0.440 e. The molecule has 0 saturated heterocycles. The summed E-state index contributed by atoms with van der Waals surface area (Å²) < 4.78 is 38.7. The molecular formula is C8H14F3NO2. The molecule has 3 nitrogen and oxygen atoms in total. The maximum absolute atomic E-state index is 11.6. The molecule has 0 aliphatic carbocycles. The average molecular weight is 213 g/mol. The Morgan fingerprint density at radius 2 is 2.07 bits per heavy atom. The first-order valence-corrected chi connectivity index (χ1v) is 4.32. The standard InChI is InChI=1S/C8H14F3NO2/c1-3-6(2)4-12-7(13)14-5-8(9,10)11/h6H,3-5H2,1-2H3,(H,12,13).